The number of aliphatic hydroxyl groups is 1. The molecule has 0 aliphatic carbocycles. The highest BCUT2D eigenvalue weighted by Crippen LogP contribution is 2.47. The van der Waals surface area contributed by atoms with Gasteiger partial charge in [0.1, 0.15) is 11.3 Å². The summed E-state index contributed by atoms with van der Waals surface area (Å²) in [6.07, 6.45) is -0.950. The van der Waals surface area contributed by atoms with Crippen molar-refractivity contribution in [3.63, 3.8) is 0 Å². The molecule has 12 heteroatoms. The number of β-lactam (4-membered cyclic amide) rings is 1. The normalized spacial score (nSPS) is 20.6. The lowest BCUT2D eigenvalue weighted by Gasteiger charge is -2.46. The van der Waals surface area contributed by atoms with Gasteiger partial charge in [0.2, 0.25) is 5.91 Å². The predicted octanol–water partition coefficient (Wildman–Crippen LogP) is 2.92. The second-order valence-electron chi connectivity index (χ2n) is 9.92. The van der Waals surface area contributed by atoms with E-state index in [1.165, 1.54) is 30.0 Å². The number of nitrogens with zero attached hydrogens (tertiary/aromatic N) is 2. The summed E-state index contributed by atoms with van der Waals surface area (Å²) in [5.41, 5.74) is 1.34. The molecule has 2 aromatic carbocycles. The number of carbonyl (C=O) groups is 3. The molecule has 0 unspecified atom stereocenters. The van der Waals surface area contributed by atoms with E-state index in [2.05, 4.69) is 5.32 Å². The van der Waals surface area contributed by atoms with Crippen molar-refractivity contribution in [2.24, 2.45) is 11.8 Å². The molecule has 2 N–H and O–H groups in total. The molecule has 0 saturated carbocycles. The Morgan fingerprint density at radius 3 is 2.50 bits per heavy atom. The van der Waals surface area contributed by atoms with Gasteiger partial charge in [-0.3, -0.25) is 14.9 Å². The van der Waals surface area contributed by atoms with Crippen LogP contribution in [0.2, 0.25) is 0 Å². The van der Waals surface area contributed by atoms with Crippen LogP contribution >= 0.6 is 0 Å². The molecule has 0 radical (unpaired) electrons. The number of aliphatic hydroxyl groups excluding tert-OH is 1. The molecule has 1 fully saturated rings. The Kier molecular flexibility index (Phi) is 6.72. The molecular weight excluding hydrogens is 522 g/mol. The van der Waals surface area contributed by atoms with E-state index in [0.717, 1.165) is 23.1 Å². The van der Waals surface area contributed by atoms with Gasteiger partial charge in [0.15, 0.2) is 0 Å². The van der Waals surface area contributed by atoms with Crippen LogP contribution in [-0.2, 0) is 14.3 Å². The molecule has 40 heavy (non-hydrogen) atoms. The first-order valence-corrected chi connectivity index (χ1v) is 12.5. The molecule has 12 nitrogen and oxygen atoms in total. The molecule has 1 aromatic heterocycles. The number of hydrogen-bond acceptors (Lipinski definition) is 10. The van der Waals surface area contributed by atoms with E-state index in [9.17, 15) is 34.4 Å². The quantitative estimate of drug-likeness (QED) is 0.112. The summed E-state index contributed by atoms with van der Waals surface area (Å²) in [7, 11) is 0. The van der Waals surface area contributed by atoms with E-state index >= 15 is 0 Å². The third-order valence-corrected chi connectivity index (χ3v) is 7.44. The van der Waals surface area contributed by atoms with Crippen LogP contribution in [0.5, 0.6) is 0 Å². The van der Waals surface area contributed by atoms with Crippen molar-refractivity contribution in [2.75, 3.05) is 11.9 Å². The monoisotopic (exact) mass is 547 g/mol. The molecule has 3 aromatic rings. The van der Waals surface area contributed by atoms with Crippen molar-refractivity contribution in [2.45, 2.75) is 32.9 Å². The zero-order valence-corrected chi connectivity index (χ0v) is 21.7. The van der Waals surface area contributed by atoms with Crippen molar-refractivity contribution >= 4 is 40.2 Å². The molecule has 1 saturated heterocycles. The molecule has 2 aliphatic heterocycles. The van der Waals surface area contributed by atoms with Gasteiger partial charge in [-0.15, -0.1) is 0 Å². The highest BCUT2D eigenvalue weighted by molar-refractivity contribution is 6.06. The number of nitrogens with one attached hydrogen (secondary N) is 1. The molecule has 2 aliphatic rings. The number of ether oxygens (including phenoxy) is 1. The number of rotatable bonds is 7. The van der Waals surface area contributed by atoms with E-state index in [0.29, 0.717) is 16.8 Å². The maximum absolute atomic E-state index is 13.3. The van der Waals surface area contributed by atoms with Gasteiger partial charge in [-0.25, -0.2) is 14.4 Å². The maximum atomic E-state index is 13.3. The number of carbonyl (C=O) groups excluding carboxylic acids is 3. The Morgan fingerprint density at radius 1 is 1.15 bits per heavy atom. The lowest BCUT2D eigenvalue weighted by atomic mass is 9.78. The average molecular weight is 548 g/mol. The number of non-ortho nitro benzene ring substituents is 1. The van der Waals surface area contributed by atoms with Crippen LogP contribution in [0.3, 0.4) is 0 Å². The molecule has 5 rings (SSSR count). The number of amides is 1. The second kappa shape index (κ2) is 10.0. The fourth-order valence-electron chi connectivity index (χ4n) is 5.41. The standard InChI is InChI=1S/C28H25N3O9/c1-13-10-22(33)39-21-11-17(6-9-19(13)21)29-12-20-14(2)24-23(15(3)32)26(34)30(24)25(20)28(36)40-27(35)16-4-7-18(8-5-16)31(37)38/h4-11,14-15,23-24,29,32H,12H2,1-3H3/t14-,15+,23+,24+/m0/s1. The minimum Gasteiger partial charge on any atom is -0.423 e. The number of fused-ring (bicyclic) bond motifs is 2. The minimum absolute atomic E-state index is 0.0773. The summed E-state index contributed by atoms with van der Waals surface area (Å²) in [5, 5.41) is 25.0. The van der Waals surface area contributed by atoms with Crippen LogP contribution in [0.15, 0.2) is 69.0 Å². The first-order valence-electron chi connectivity index (χ1n) is 12.5. The Bertz CT molecular complexity index is 1660. The van der Waals surface area contributed by atoms with Crippen LogP contribution in [0.25, 0.3) is 11.0 Å². The van der Waals surface area contributed by atoms with Gasteiger partial charge in [0.05, 0.1) is 28.6 Å². The average Bonchev–Trinajstić information content (AvgIpc) is 3.14. The fraction of sp³-hybridized carbons (Fsp3) is 0.286. The summed E-state index contributed by atoms with van der Waals surface area (Å²) >= 11 is 0. The van der Waals surface area contributed by atoms with Crippen molar-refractivity contribution in [3.05, 3.63) is 91.5 Å². The lowest BCUT2D eigenvalue weighted by Crippen LogP contribution is -2.63. The largest absolute Gasteiger partial charge is 0.423 e. The number of esters is 2. The van der Waals surface area contributed by atoms with E-state index in [-0.39, 0.29) is 29.4 Å². The highest BCUT2D eigenvalue weighted by Gasteiger charge is 2.60. The van der Waals surface area contributed by atoms with E-state index in [4.69, 9.17) is 9.15 Å². The lowest BCUT2D eigenvalue weighted by molar-refractivity contribution is -0.384. The first kappa shape index (κ1) is 26.8. The van der Waals surface area contributed by atoms with E-state index in [1.54, 1.807) is 25.1 Å². The van der Waals surface area contributed by atoms with Crippen LogP contribution in [0.4, 0.5) is 11.4 Å². The fourth-order valence-corrected chi connectivity index (χ4v) is 5.41. The Morgan fingerprint density at radius 2 is 1.85 bits per heavy atom. The van der Waals surface area contributed by atoms with Crippen LogP contribution in [0, 0.1) is 28.9 Å². The SMILES string of the molecule is Cc1cc(=O)oc2cc(NCC3=C(C(=O)OC(=O)c4ccc([N+](=O)[O-])cc4)N4C(=O)[C@H]([C@@H](C)O)[C@H]4[C@H]3C)ccc12. The molecule has 1 amide bonds. The molecule has 4 atom stereocenters. The molecule has 0 spiro atoms. The van der Waals surface area contributed by atoms with E-state index < -0.39 is 46.5 Å². The molecule has 0 bridgehead atoms. The van der Waals surface area contributed by atoms with Crippen molar-refractivity contribution in [1.82, 2.24) is 4.90 Å². The van der Waals surface area contributed by atoms with Crippen molar-refractivity contribution < 1.29 is 33.6 Å². The third-order valence-electron chi connectivity index (χ3n) is 7.44. The van der Waals surface area contributed by atoms with Gasteiger partial charge in [0, 0.05) is 47.8 Å². The number of benzene rings is 2. The summed E-state index contributed by atoms with van der Waals surface area (Å²) in [6, 6.07) is 10.7. The van der Waals surface area contributed by atoms with Gasteiger partial charge >= 0.3 is 17.6 Å². The van der Waals surface area contributed by atoms with Crippen LogP contribution in [0.1, 0.15) is 29.8 Å². The summed E-state index contributed by atoms with van der Waals surface area (Å²) in [4.78, 5) is 62.2. The smallest absolute Gasteiger partial charge is 0.362 e. The highest BCUT2D eigenvalue weighted by atomic mass is 16.6. The van der Waals surface area contributed by atoms with Crippen LogP contribution in [-0.4, -0.2) is 51.5 Å². The molecule has 3 heterocycles. The van der Waals surface area contributed by atoms with Crippen molar-refractivity contribution in [1.29, 1.82) is 0 Å². The number of anilines is 1. The van der Waals surface area contributed by atoms with Gasteiger partial charge in [-0.2, -0.15) is 0 Å². The van der Waals surface area contributed by atoms with Gasteiger partial charge in [-0.05, 0) is 49.2 Å². The number of nitro benzene ring substituents is 1. The second-order valence-corrected chi connectivity index (χ2v) is 9.92. The van der Waals surface area contributed by atoms with Gasteiger partial charge < -0.3 is 24.5 Å². The molecule has 206 valence electrons. The number of hydrogen-bond donors (Lipinski definition) is 2. The first-order chi connectivity index (χ1) is 19.0. The predicted molar refractivity (Wildman–Crippen MR) is 141 cm³/mol. The Balaban J connectivity index is 1.43. The van der Waals surface area contributed by atoms with Gasteiger partial charge in [-0.1, -0.05) is 6.92 Å². The molecular formula is C28H25N3O9. The topological polar surface area (TPSA) is 169 Å². The van der Waals surface area contributed by atoms with E-state index in [1.807, 2.05) is 6.92 Å². The zero-order chi connectivity index (χ0) is 28.9. The Labute approximate surface area is 227 Å². The Hall–Kier alpha value is -4.84. The van der Waals surface area contributed by atoms with Crippen LogP contribution < -0.4 is 10.9 Å². The van der Waals surface area contributed by atoms with Crippen molar-refractivity contribution in [3.8, 4) is 0 Å². The summed E-state index contributed by atoms with van der Waals surface area (Å²) < 4.78 is 10.4. The minimum atomic E-state index is -1.05. The third kappa shape index (κ3) is 4.51. The maximum Gasteiger partial charge on any atom is 0.362 e. The zero-order valence-electron chi connectivity index (χ0n) is 21.7. The summed E-state index contributed by atoms with van der Waals surface area (Å²) in [6.45, 7) is 5.21. The summed E-state index contributed by atoms with van der Waals surface area (Å²) in [5.74, 6) is -3.62. The number of aryl methyl sites for hydroxylation is 1. The number of nitro groups is 1. The van der Waals surface area contributed by atoms with Gasteiger partial charge in [0.25, 0.3) is 5.69 Å².